The zero-order valence-electron chi connectivity index (χ0n) is 17.9. The van der Waals surface area contributed by atoms with Gasteiger partial charge in [0.05, 0.1) is 5.69 Å². The quantitative estimate of drug-likeness (QED) is 0.384. The van der Waals surface area contributed by atoms with Crippen molar-refractivity contribution < 1.29 is 9.53 Å². The number of guanidine groups is 1. The molecule has 1 aromatic rings. The van der Waals surface area contributed by atoms with Gasteiger partial charge < -0.3 is 20.3 Å². The lowest BCUT2D eigenvalue weighted by molar-refractivity contribution is -0.121. The lowest BCUT2D eigenvalue weighted by Gasteiger charge is -2.30. The first-order chi connectivity index (χ1) is 13.4. The third-order valence-electron chi connectivity index (χ3n) is 4.87. The molecule has 0 fully saturated rings. The van der Waals surface area contributed by atoms with E-state index in [-0.39, 0.29) is 12.5 Å². The van der Waals surface area contributed by atoms with Crippen molar-refractivity contribution in [3.05, 3.63) is 24.3 Å². The molecule has 1 aliphatic rings. The van der Waals surface area contributed by atoms with E-state index in [0.717, 1.165) is 43.5 Å². The Labute approximate surface area is 169 Å². The summed E-state index contributed by atoms with van der Waals surface area (Å²) in [6, 6.07) is 8.71. The number of fused-ring (bicyclic) bond motifs is 1. The first-order valence-electron chi connectivity index (χ1n) is 10.2. The van der Waals surface area contributed by atoms with E-state index in [1.54, 1.807) is 11.9 Å². The standard InChI is InChI=1S/C21H35N5O2/c1-16(2)25(17(3)4)14-12-24-21(22-5)23-11-8-13-26-18-9-6-7-10-19(18)28-15-20(26)27/h6-7,9-10,16-17H,8,11-15H2,1-5H3,(H2,22,23,24). The molecule has 1 amide bonds. The summed E-state index contributed by atoms with van der Waals surface area (Å²) in [5, 5.41) is 6.70. The summed E-state index contributed by atoms with van der Waals surface area (Å²) >= 11 is 0. The van der Waals surface area contributed by atoms with E-state index in [2.05, 4.69) is 48.2 Å². The van der Waals surface area contributed by atoms with Crippen LogP contribution in [-0.4, -0.2) is 68.7 Å². The Morgan fingerprint density at radius 1 is 1.18 bits per heavy atom. The minimum Gasteiger partial charge on any atom is -0.482 e. The van der Waals surface area contributed by atoms with Gasteiger partial charge in [-0.3, -0.25) is 14.7 Å². The fourth-order valence-electron chi connectivity index (χ4n) is 3.48. The predicted molar refractivity (Wildman–Crippen MR) is 115 cm³/mol. The van der Waals surface area contributed by atoms with Crippen molar-refractivity contribution in [2.75, 3.05) is 44.7 Å². The average molecular weight is 390 g/mol. The van der Waals surface area contributed by atoms with Crippen LogP contribution in [0, 0.1) is 0 Å². The Balaban J connectivity index is 1.74. The second kappa shape index (κ2) is 10.9. The average Bonchev–Trinajstić information content (AvgIpc) is 2.67. The summed E-state index contributed by atoms with van der Waals surface area (Å²) in [6.07, 6.45) is 0.824. The van der Waals surface area contributed by atoms with Crippen LogP contribution in [0.3, 0.4) is 0 Å². The van der Waals surface area contributed by atoms with Crippen molar-refractivity contribution >= 4 is 17.6 Å². The van der Waals surface area contributed by atoms with Gasteiger partial charge in [-0.15, -0.1) is 0 Å². The number of para-hydroxylation sites is 2. The molecular weight excluding hydrogens is 354 g/mol. The van der Waals surface area contributed by atoms with Crippen molar-refractivity contribution in [1.29, 1.82) is 0 Å². The molecule has 0 atom stereocenters. The fraction of sp³-hybridized carbons (Fsp3) is 0.619. The molecule has 1 aliphatic heterocycles. The minimum absolute atomic E-state index is 0.00340. The number of hydrogen-bond acceptors (Lipinski definition) is 4. The monoisotopic (exact) mass is 389 g/mol. The highest BCUT2D eigenvalue weighted by atomic mass is 16.5. The number of carbonyl (C=O) groups excluding carboxylic acids is 1. The number of aliphatic imine (C=N–C) groups is 1. The predicted octanol–water partition coefficient (Wildman–Crippen LogP) is 2.09. The van der Waals surface area contributed by atoms with Crippen LogP contribution in [0.2, 0.25) is 0 Å². The highest BCUT2D eigenvalue weighted by molar-refractivity contribution is 5.97. The summed E-state index contributed by atoms with van der Waals surface area (Å²) in [4.78, 5) is 20.7. The van der Waals surface area contributed by atoms with E-state index in [9.17, 15) is 4.79 Å². The maximum Gasteiger partial charge on any atom is 0.265 e. The number of rotatable bonds is 9. The molecule has 28 heavy (non-hydrogen) atoms. The van der Waals surface area contributed by atoms with E-state index in [1.807, 2.05) is 24.3 Å². The van der Waals surface area contributed by atoms with Gasteiger partial charge in [0.25, 0.3) is 5.91 Å². The maximum absolute atomic E-state index is 12.2. The second-order valence-corrected chi connectivity index (χ2v) is 7.51. The first kappa shape index (κ1) is 22.0. The molecular formula is C21H35N5O2. The Hall–Kier alpha value is -2.28. The second-order valence-electron chi connectivity index (χ2n) is 7.51. The Morgan fingerprint density at radius 3 is 2.54 bits per heavy atom. The van der Waals surface area contributed by atoms with Gasteiger partial charge in [-0.1, -0.05) is 12.1 Å². The zero-order valence-corrected chi connectivity index (χ0v) is 17.9. The number of carbonyl (C=O) groups is 1. The van der Waals surface area contributed by atoms with E-state index in [0.29, 0.717) is 18.6 Å². The van der Waals surface area contributed by atoms with Gasteiger partial charge in [-0.05, 0) is 46.2 Å². The van der Waals surface area contributed by atoms with Gasteiger partial charge in [-0.2, -0.15) is 0 Å². The number of benzene rings is 1. The maximum atomic E-state index is 12.2. The number of nitrogens with zero attached hydrogens (tertiary/aromatic N) is 3. The van der Waals surface area contributed by atoms with Crippen LogP contribution in [-0.2, 0) is 4.79 Å². The van der Waals surface area contributed by atoms with Crippen molar-refractivity contribution in [3.8, 4) is 5.75 Å². The molecule has 0 unspecified atom stereocenters. The number of anilines is 1. The highest BCUT2D eigenvalue weighted by Crippen LogP contribution is 2.31. The van der Waals surface area contributed by atoms with Crippen LogP contribution in [0.1, 0.15) is 34.1 Å². The lowest BCUT2D eigenvalue weighted by atomic mass is 10.2. The van der Waals surface area contributed by atoms with Crippen LogP contribution in [0.15, 0.2) is 29.3 Å². The Bertz CT molecular complexity index is 652. The summed E-state index contributed by atoms with van der Waals surface area (Å²) in [7, 11) is 1.78. The largest absolute Gasteiger partial charge is 0.482 e. The van der Waals surface area contributed by atoms with Crippen molar-refractivity contribution in [3.63, 3.8) is 0 Å². The third-order valence-corrected chi connectivity index (χ3v) is 4.87. The SMILES string of the molecule is CN=C(NCCCN1C(=O)COc2ccccc21)NCCN(C(C)C)C(C)C. The molecule has 7 nitrogen and oxygen atoms in total. The molecule has 1 heterocycles. The van der Waals surface area contributed by atoms with Crippen molar-refractivity contribution in [1.82, 2.24) is 15.5 Å². The molecule has 1 aromatic carbocycles. The molecule has 0 aromatic heterocycles. The Kier molecular flexibility index (Phi) is 8.57. The first-order valence-corrected chi connectivity index (χ1v) is 10.2. The van der Waals surface area contributed by atoms with Crippen LogP contribution in [0.5, 0.6) is 5.75 Å². The lowest BCUT2D eigenvalue weighted by Crippen LogP contribution is -2.46. The molecule has 0 aliphatic carbocycles. The molecule has 0 radical (unpaired) electrons. The van der Waals surface area contributed by atoms with Gasteiger partial charge in [0, 0.05) is 45.3 Å². The van der Waals surface area contributed by atoms with Crippen molar-refractivity contribution in [2.45, 2.75) is 46.2 Å². The summed E-state index contributed by atoms with van der Waals surface area (Å²) < 4.78 is 5.49. The van der Waals surface area contributed by atoms with Crippen LogP contribution in [0.25, 0.3) is 0 Å². The van der Waals surface area contributed by atoms with E-state index in [4.69, 9.17) is 4.74 Å². The van der Waals surface area contributed by atoms with Crippen LogP contribution >= 0.6 is 0 Å². The highest BCUT2D eigenvalue weighted by Gasteiger charge is 2.24. The van der Waals surface area contributed by atoms with Gasteiger partial charge in [0.15, 0.2) is 12.6 Å². The zero-order chi connectivity index (χ0) is 20.5. The summed E-state index contributed by atoms with van der Waals surface area (Å²) in [5.74, 6) is 1.57. The molecule has 0 saturated heterocycles. The number of hydrogen-bond donors (Lipinski definition) is 2. The molecule has 2 rings (SSSR count). The number of nitrogens with one attached hydrogen (secondary N) is 2. The smallest absolute Gasteiger partial charge is 0.265 e. The molecule has 156 valence electrons. The normalized spacial score (nSPS) is 14.5. The summed E-state index contributed by atoms with van der Waals surface area (Å²) in [5.41, 5.74) is 0.851. The molecule has 0 saturated carbocycles. The summed E-state index contributed by atoms with van der Waals surface area (Å²) in [6.45, 7) is 12.2. The minimum atomic E-state index is 0.00340. The van der Waals surface area contributed by atoms with E-state index in [1.165, 1.54) is 0 Å². The third kappa shape index (κ3) is 6.12. The van der Waals surface area contributed by atoms with Crippen LogP contribution < -0.4 is 20.3 Å². The van der Waals surface area contributed by atoms with Gasteiger partial charge in [-0.25, -0.2) is 0 Å². The topological polar surface area (TPSA) is 69.2 Å². The van der Waals surface area contributed by atoms with Gasteiger partial charge >= 0.3 is 0 Å². The Morgan fingerprint density at radius 2 is 1.86 bits per heavy atom. The molecule has 0 bridgehead atoms. The van der Waals surface area contributed by atoms with E-state index < -0.39 is 0 Å². The molecule has 7 heteroatoms. The van der Waals surface area contributed by atoms with Gasteiger partial charge in [0.2, 0.25) is 0 Å². The van der Waals surface area contributed by atoms with E-state index >= 15 is 0 Å². The molecule has 2 N–H and O–H groups in total. The van der Waals surface area contributed by atoms with Crippen LogP contribution in [0.4, 0.5) is 5.69 Å². The molecule has 0 spiro atoms. The number of amides is 1. The van der Waals surface area contributed by atoms with Crippen molar-refractivity contribution in [2.24, 2.45) is 4.99 Å². The fourth-order valence-corrected chi connectivity index (χ4v) is 3.48. The van der Waals surface area contributed by atoms with Gasteiger partial charge in [0.1, 0.15) is 5.75 Å². The number of ether oxygens (including phenoxy) is 1.